The number of benzene rings is 1. The van der Waals surface area contributed by atoms with Gasteiger partial charge < -0.3 is 14.8 Å². The van der Waals surface area contributed by atoms with Crippen LogP contribution in [0.25, 0.3) is 0 Å². The predicted octanol–water partition coefficient (Wildman–Crippen LogP) is 2.79. The van der Waals surface area contributed by atoms with Crippen LogP contribution in [-0.4, -0.2) is 33.5 Å². The summed E-state index contributed by atoms with van der Waals surface area (Å²) < 4.78 is 11.2. The van der Waals surface area contributed by atoms with E-state index in [1.165, 1.54) is 0 Å². The number of ether oxygens (including phenoxy) is 2. The van der Waals surface area contributed by atoms with Gasteiger partial charge in [-0.15, -0.1) is 0 Å². The number of nitrogens with zero attached hydrogens (tertiary/aromatic N) is 1. The number of hydrogen-bond acceptors (Lipinski definition) is 4. The van der Waals surface area contributed by atoms with Gasteiger partial charge in [0.05, 0.1) is 17.9 Å². The summed E-state index contributed by atoms with van der Waals surface area (Å²) in [6.45, 7) is 2.72. The monoisotopic (exact) mass is 312 g/mol. The molecule has 18 heavy (non-hydrogen) atoms. The van der Waals surface area contributed by atoms with Crippen LogP contribution < -0.4 is 5.32 Å². The maximum absolute atomic E-state index is 8.99. The van der Waals surface area contributed by atoms with E-state index in [1.54, 1.807) is 13.2 Å². The number of anilines is 1. The summed E-state index contributed by atoms with van der Waals surface area (Å²) in [5.41, 5.74) is 1.46. The van der Waals surface area contributed by atoms with Gasteiger partial charge in [0.2, 0.25) is 0 Å². The van der Waals surface area contributed by atoms with Crippen molar-refractivity contribution in [2.24, 2.45) is 0 Å². The smallest absolute Gasteiger partial charge is 0.101 e. The summed E-state index contributed by atoms with van der Waals surface area (Å²) in [5, 5.41) is 12.2. The highest BCUT2D eigenvalue weighted by Crippen LogP contribution is 2.19. The summed E-state index contributed by atoms with van der Waals surface area (Å²) >= 11 is 3.34. The minimum Gasteiger partial charge on any atom is -0.385 e. The van der Waals surface area contributed by atoms with Crippen LogP contribution in [0.15, 0.2) is 22.7 Å². The van der Waals surface area contributed by atoms with Crippen molar-refractivity contribution in [2.75, 3.05) is 38.8 Å². The van der Waals surface area contributed by atoms with Crippen molar-refractivity contribution in [3.63, 3.8) is 0 Å². The Morgan fingerprint density at radius 2 is 2.17 bits per heavy atom. The first kappa shape index (κ1) is 15.0. The molecule has 0 saturated carbocycles. The maximum Gasteiger partial charge on any atom is 0.101 e. The van der Waals surface area contributed by atoms with Crippen molar-refractivity contribution >= 4 is 21.6 Å². The van der Waals surface area contributed by atoms with Crippen LogP contribution in [0.3, 0.4) is 0 Å². The number of halogens is 1. The molecular formula is C13H17BrN2O2. The normalized spacial score (nSPS) is 10.1. The lowest BCUT2D eigenvalue weighted by Crippen LogP contribution is -2.11. The van der Waals surface area contributed by atoms with Gasteiger partial charge in [0.15, 0.2) is 0 Å². The fraction of sp³-hybridized carbons (Fsp3) is 0.462. The van der Waals surface area contributed by atoms with E-state index < -0.39 is 0 Å². The van der Waals surface area contributed by atoms with Crippen molar-refractivity contribution in [3.8, 4) is 6.07 Å². The molecule has 1 aromatic carbocycles. The third kappa shape index (κ3) is 5.50. The van der Waals surface area contributed by atoms with Crippen LogP contribution in [0.2, 0.25) is 0 Å². The zero-order valence-corrected chi connectivity index (χ0v) is 12.0. The van der Waals surface area contributed by atoms with Crippen LogP contribution in [-0.2, 0) is 9.47 Å². The molecule has 0 aliphatic rings. The molecule has 0 heterocycles. The minimum atomic E-state index is 0.616. The first-order valence-electron chi connectivity index (χ1n) is 5.78. The minimum absolute atomic E-state index is 0.616. The first-order chi connectivity index (χ1) is 8.77. The zero-order chi connectivity index (χ0) is 13.2. The number of rotatable bonds is 8. The molecule has 0 spiro atoms. The van der Waals surface area contributed by atoms with E-state index in [9.17, 15) is 0 Å². The summed E-state index contributed by atoms with van der Waals surface area (Å²) in [5.74, 6) is 0. The molecule has 0 aromatic heterocycles. The number of nitriles is 1. The van der Waals surface area contributed by atoms with E-state index in [0.29, 0.717) is 25.3 Å². The highest BCUT2D eigenvalue weighted by atomic mass is 79.9. The molecule has 0 amide bonds. The lowest BCUT2D eigenvalue weighted by Gasteiger charge is -2.09. The molecule has 5 heteroatoms. The predicted molar refractivity (Wildman–Crippen MR) is 74.7 cm³/mol. The Kier molecular flexibility index (Phi) is 7.42. The largest absolute Gasteiger partial charge is 0.385 e. The second kappa shape index (κ2) is 8.92. The summed E-state index contributed by atoms with van der Waals surface area (Å²) in [7, 11) is 1.68. The molecule has 0 aliphatic carbocycles. The molecule has 4 nitrogen and oxygen atoms in total. The van der Waals surface area contributed by atoms with Crippen LogP contribution in [0, 0.1) is 11.3 Å². The van der Waals surface area contributed by atoms with Gasteiger partial charge in [-0.3, -0.25) is 0 Å². The van der Waals surface area contributed by atoms with Gasteiger partial charge in [-0.25, -0.2) is 0 Å². The Bertz CT molecular complexity index is 404. The van der Waals surface area contributed by atoms with E-state index in [2.05, 4.69) is 27.3 Å². The molecule has 0 unspecified atom stereocenters. The molecule has 0 bridgehead atoms. The van der Waals surface area contributed by atoms with Crippen molar-refractivity contribution in [1.82, 2.24) is 0 Å². The van der Waals surface area contributed by atoms with Crippen molar-refractivity contribution in [3.05, 3.63) is 28.2 Å². The molecule has 1 aromatic rings. The van der Waals surface area contributed by atoms with Crippen LogP contribution in [0.1, 0.15) is 12.0 Å². The van der Waals surface area contributed by atoms with Gasteiger partial charge in [0.25, 0.3) is 0 Å². The average Bonchev–Trinajstić information content (AvgIpc) is 2.39. The maximum atomic E-state index is 8.99. The molecule has 0 radical (unpaired) electrons. The third-order valence-electron chi connectivity index (χ3n) is 2.30. The zero-order valence-electron chi connectivity index (χ0n) is 10.4. The van der Waals surface area contributed by atoms with Crippen LogP contribution in [0.4, 0.5) is 5.69 Å². The number of methoxy groups -OCH3 is 1. The Morgan fingerprint density at radius 3 is 2.89 bits per heavy atom. The molecule has 0 atom stereocenters. The Labute approximate surface area is 116 Å². The second-order valence-electron chi connectivity index (χ2n) is 3.69. The molecule has 0 fully saturated rings. The topological polar surface area (TPSA) is 54.3 Å². The third-order valence-corrected chi connectivity index (χ3v) is 2.79. The standard InChI is InChI=1S/C13H17BrN2O2/c1-17-6-2-7-18-8-5-16-13-4-3-12(14)9-11(13)10-15/h3-4,9,16H,2,5-8H2,1H3. The van der Waals surface area contributed by atoms with E-state index in [0.717, 1.165) is 23.2 Å². The quantitative estimate of drug-likeness (QED) is 0.750. The summed E-state index contributed by atoms with van der Waals surface area (Å²) in [6.07, 6.45) is 0.901. The van der Waals surface area contributed by atoms with E-state index in [-0.39, 0.29) is 0 Å². The number of nitrogens with one attached hydrogen (secondary N) is 1. The summed E-state index contributed by atoms with van der Waals surface area (Å²) in [4.78, 5) is 0. The van der Waals surface area contributed by atoms with E-state index >= 15 is 0 Å². The highest BCUT2D eigenvalue weighted by molar-refractivity contribution is 9.10. The van der Waals surface area contributed by atoms with Crippen molar-refractivity contribution in [2.45, 2.75) is 6.42 Å². The molecule has 0 aliphatic heterocycles. The second-order valence-corrected chi connectivity index (χ2v) is 4.60. The lowest BCUT2D eigenvalue weighted by molar-refractivity contribution is 0.109. The first-order valence-corrected chi connectivity index (χ1v) is 6.57. The van der Waals surface area contributed by atoms with Crippen LogP contribution >= 0.6 is 15.9 Å². The Morgan fingerprint density at radius 1 is 1.33 bits per heavy atom. The van der Waals surface area contributed by atoms with Gasteiger partial charge in [-0.1, -0.05) is 15.9 Å². The van der Waals surface area contributed by atoms with Gasteiger partial charge in [0, 0.05) is 31.3 Å². The molecule has 1 N–H and O–H groups in total. The van der Waals surface area contributed by atoms with Crippen molar-refractivity contribution < 1.29 is 9.47 Å². The molecule has 0 saturated heterocycles. The number of hydrogen-bond donors (Lipinski definition) is 1. The Hall–Kier alpha value is -1.09. The molecule has 1 rings (SSSR count). The highest BCUT2D eigenvalue weighted by Gasteiger charge is 2.01. The fourth-order valence-corrected chi connectivity index (χ4v) is 1.79. The van der Waals surface area contributed by atoms with Gasteiger partial charge in [-0.2, -0.15) is 5.26 Å². The van der Waals surface area contributed by atoms with Gasteiger partial charge in [0.1, 0.15) is 6.07 Å². The summed E-state index contributed by atoms with van der Waals surface area (Å²) in [6, 6.07) is 7.74. The molecule has 98 valence electrons. The molecular weight excluding hydrogens is 296 g/mol. The van der Waals surface area contributed by atoms with Crippen molar-refractivity contribution in [1.29, 1.82) is 5.26 Å². The van der Waals surface area contributed by atoms with E-state index in [1.807, 2.05) is 12.1 Å². The fourth-order valence-electron chi connectivity index (χ4n) is 1.43. The van der Waals surface area contributed by atoms with Crippen LogP contribution in [0.5, 0.6) is 0 Å². The SMILES string of the molecule is COCCCOCCNc1ccc(Br)cc1C#N. The van der Waals surface area contributed by atoms with Gasteiger partial charge >= 0.3 is 0 Å². The average molecular weight is 313 g/mol. The van der Waals surface area contributed by atoms with E-state index in [4.69, 9.17) is 14.7 Å². The van der Waals surface area contributed by atoms with Gasteiger partial charge in [-0.05, 0) is 24.6 Å². The lowest BCUT2D eigenvalue weighted by atomic mass is 10.2. The Balaban J connectivity index is 2.25.